The first-order chi connectivity index (χ1) is 9.50. The zero-order valence-corrected chi connectivity index (χ0v) is 12.4. The van der Waals surface area contributed by atoms with E-state index in [2.05, 4.69) is 10.2 Å². The van der Waals surface area contributed by atoms with Crippen molar-refractivity contribution in [3.8, 4) is 0 Å². The zero-order chi connectivity index (χ0) is 15.0. The third-order valence-corrected chi connectivity index (χ3v) is 3.31. The molecule has 1 saturated heterocycles. The minimum Gasteiger partial charge on any atom is -0.481 e. The smallest absolute Gasteiger partial charge is 0.303 e. The first-order valence-corrected chi connectivity index (χ1v) is 7.34. The summed E-state index contributed by atoms with van der Waals surface area (Å²) in [5.74, 6) is -0.726. The molecule has 0 aliphatic carbocycles. The molecule has 1 amide bonds. The fourth-order valence-electron chi connectivity index (χ4n) is 2.30. The molecule has 1 aliphatic heterocycles. The molecule has 1 heterocycles. The fourth-order valence-corrected chi connectivity index (χ4v) is 2.30. The van der Waals surface area contributed by atoms with E-state index < -0.39 is 5.97 Å². The Morgan fingerprint density at radius 3 is 2.75 bits per heavy atom. The van der Waals surface area contributed by atoms with E-state index in [0.29, 0.717) is 19.6 Å². The van der Waals surface area contributed by atoms with Gasteiger partial charge in [-0.05, 0) is 33.2 Å². The maximum Gasteiger partial charge on any atom is 0.303 e. The molecule has 20 heavy (non-hydrogen) atoms. The lowest BCUT2D eigenvalue weighted by molar-refractivity contribution is -0.137. The van der Waals surface area contributed by atoms with Gasteiger partial charge in [-0.25, -0.2) is 0 Å². The van der Waals surface area contributed by atoms with Crippen LogP contribution < -0.4 is 5.32 Å². The molecule has 0 aromatic carbocycles. The number of unbranched alkanes of at least 4 members (excludes halogenated alkanes) is 2. The van der Waals surface area contributed by atoms with Gasteiger partial charge in [-0.15, -0.1) is 0 Å². The molecule has 1 rings (SSSR count). The van der Waals surface area contributed by atoms with E-state index in [9.17, 15) is 9.59 Å². The van der Waals surface area contributed by atoms with E-state index in [-0.39, 0.29) is 24.4 Å². The van der Waals surface area contributed by atoms with E-state index in [0.717, 1.165) is 25.9 Å². The van der Waals surface area contributed by atoms with Crippen LogP contribution >= 0.6 is 0 Å². The van der Waals surface area contributed by atoms with Crippen molar-refractivity contribution in [2.45, 2.75) is 51.6 Å². The van der Waals surface area contributed by atoms with Crippen LogP contribution in [-0.2, 0) is 14.3 Å². The number of carbonyl (C=O) groups excluding carboxylic acids is 1. The third-order valence-electron chi connectivity index (χ3n) is 3.31. The van der Waals surface area contributed by atoms with E-state index >= 15 is 0 Å². The van der Waals surface area contributed by atoms with Gasteiger partial charge in [0.05, 0.1) is 13.2 Å². The Morgan fingerprint density at radius 2 is 2.10 bits per heavy atom. The molecule has 0 radical (unpaired) electrons. The van der Waals surface area contributed by atoms with Crippen molar-refractivity contribution in [3.63, 3.8) is 0 Å². The van der Waals surface area contributed by atoms with E-state index in [1.54, 1.807) is 0 Å². The number of ether oxygens (including phenoxy) is 1. The van der Waals surface area contributed by atoms with Crippen molar-refractivity contribution in [1.29, 1.82) is 0 Å². The molecule has 0 aromatic heterocycles. The molecule has 2 N–H and O–H groups in total. The largest absolute Gasteiger partial charge is 0.481 e. The fraction of sp³-hybridized carbons (Fsp3) is 0.857. The molecular weight excluding hydrogens is 260 g/mol. The summed E-state index contributed by atoms with van der Waals surface area (Å²) in [7, 11) is 0. The minimum atomic E-state index is -0.745. The summed E-state index contributed by atoms with van der Waals surface area (Å²) >= 11 is 0. The number of carboxylic acid groups (broad SMARTS) is 1. The van der Waals surface area contributed by atoms with Gasteiger partial charge in [-0.2, -0.15) is 0 Å². The van der Waals surface area contributed by atoms with Gasteiger partial charge in [-0.1, -0.05) is 6.42 Å². The number of rotatable bonds is 8. The van der Waals surface area contributed by atoms with Crippen LogP contribution in [0.25, 0.3) is 0 Å². The van der Waals surface area contributed by atoms with Crippen molar-refractivity contribution in [2.24, 2.45) is 0 Å². The van der Waals surface area contributed by atoms with Crippen LogP contribution in [0.1, 0.15) is 39.5 Å². The highest BCUT2D eigenvalue weighted by atomic mass is 16.5. The van der Waals surface area contributed by atoms with Gasteiger partial charge in [0.1, 0.15) is 6.04 Å². The molecule has 1 aliphatic rings. The Bertz CT molecular complexity index is 320. The van der Waals surface area contributed by atoms with Crippen LogP contribution in [0, 0.1) is 0 Å². The maximum absolute atomic E-state index is 12.1. The van der Waals surface area contributed by atoms with Crippen molar-refractivity contribution in [2.75, 3.05) is 26.3 Å². The number of amides is 1. The van der Waals surface area contributed by atoms with Crippen LogP contribution in [0.3, 0.4) is 0 Å². The monoisotopic (exact) mass is 286 g/mol. The Labute approximate surface area is 120 Å². The summed E-state index contributed by atoms with van der Waals surface area (Å²) < 4.78 is 5.39. The predicted octanol–water partition coefficient (Wildman–Crippen LogP) is 0.857. The highest BCUT2D eigenvalue weighted by molar-refractivity contribution is 5.82. The number of nitrogens with one attached hydrogen (secondary N) is 1. The number of nitrogens with zero attached hydrogens (tertiary/aromatic N) is 1. The standard InChI is InChI=1S/C14H26N2O4/c1-11(2)15-14(19)12-10-20-9-8-16(12)7-5-3-4-6-13(17)18/h11-12H,3-10H2,1-2H3,(H,15,19)(H,17,18). The van der Waals surface area contributed by atoms with Gasteiger partial charge in [-0.3, -0.25) is 14.5 Å². The highest BCUT2D eigenvalue weighted by Gasteiger charge is 2.29. The van der Waals surface area contributed by atoms with Gasteiger partial charge in [0.25, 0.3) is 0 Å². The lowest BCUT2D eigenvalue weighted by Crippen LogP contribution is -2.54. The summed E-state index contributed by atoms with van der Waals surface area (Å²) in [6.07, 6.45) is 2.71. The van der Waals surface area contributed by atoms with Crippen LogP contribution in [0.15, 0.2) is 0 Å². The SMILES string of the molecule is CC(C)NC(=O)C1COCCN1CCCCCC(=O)O. The Hall–Kier alpha value is -1.14. The predicted molar refractivity (Wildman–Crippen MR) is 75.6 cm³/mol. The van der Waals surface area contributed by atoms with Crippen LogP contribution in [-0.4, -0.2) is 60.3 Å². The number of morpholine rings is 1. The molecular formula is C14H26N2O4. The minimum absolute atomic E-state index is 0.0187. The second-order valence-corrected chi connectivity index (χ2v) is 5.49. The second-order valence-electron chi connectivity index (χ2n) is 5.49. The molecule has 0 aromatic rings. The van der Waals surface area contributed by atoms with Gasteiger partial charge >= 0.3 is 5.97 Å². The van der Waals surface area contributed by atoms with Crippen molar-refractivity contribution in [3.05, 3.63) is 0 Å². The van der Waals surface area contributed by atoms with E-state index in [1.807, 2.05) is 13.8 Å². The molecule has 0 spiro atoms. The number of carboxylic acids is 1. The zero-order valence-electron chi connectivity index (χ0n) is 12.4. The summed E-state index contributed by atoms with van der Waals surface area (Å²) in [6.45, 7) is 6.55. The molecule has 6 heteroatoms. The van der Waals surface area contributed by atoms with E-state index in [4.69, 9.17) is 9.84 Å². The molecule has 1 fully saturated rings. The second kappa shape index (κ2) is 8.92. The highest BCUT2D eigenvalue weighted by Crippen LogP contribution is 2.10. The van der Waals surface area contributed by atoms with Gasteiger partial charge in [0, 0.05) is 19.0 Å². The molecule has 1 unspecified atom stereocenters. The van der Waals surface area contributed by atoms with Crippen molar-refractivity contribution < 1.29 is 19.4 Å². The average Bonchev–Trinajstić information content (AvgIpc) is 2.37. The summed E-state index contributed by atoms with van der Waals surface area (Å²) in [5, 5.41) is 11.5. The molecule has 1 atom stereocenters. The Morgan fingerprint density at radius 1 is 1.35 bits per heavy atom. The van der Waals surface area contributed by atoms with E-state index in [1.165, 1.54) is 0 Å². The first kappa shape index (κ1) is 16.9. The third kappa shape index (κ3) is 6.34. The molecule has 6 nitrogen and oxygen atoms in total. The Kier molecular flexibility index (Phi) is 7.54. The summed E-state index contributed by atoms with van der Waals surface area (Å²) in [6, 6.07) is -0.0903. The van der Waals surface area contributed by atoms with Crippen molar-refractivity contribution in [1.82, 2.24) is 10.2 Å². The summed E-state index contributed by atoms with van der Waals surface area (Å²) in [4.78, 5) is 24.7. The van der Waals surface area contributed by atoms with Crippen LogP contribution in [0.4, 0.5) is 0 Å². The van der Waals surface area contributed by atoms with Gasteiger partial charge < -0.3 is 15.2 Å². The van der Waals surface area contributed by atoms with Crippen molar-refractivity contribution >= 4 is 11.9 Å². The number of hydrogen-bond donors (Lipinski definition) is 2. The molecule has 0 bridgehead atoms. The molecule has 116 valence electrons. The Balaban J connectivity index is 2.32. The average molecular weight is 286 g/mol. The van der Waals surface area contributed by atoms with Gasteiger partial charge in [0.15, 0.2) is 0 Å². The first-order valence-electron chi connectivity index (χ1n) is 7.34. The number of hydrogen-bond acceptors (Lipinski definition) is 4. The molecule has 0 saturated carbocycles. The maximum atomic E-state index is 12.1. The topological polar surface area (TPSA) is 78.9 Å². The van der Waals surface area contributed by atoms with Gasteiger partial charge in [0.2, 0.25) is 5.91 Å². The van der Waals surface area contributed by atoms with Crippen LogP contribution in [0.2, 0.25) is 0 Å². The summed E-state index contributed by atoms with van der Waals surface area (Å²) in [5.41, 5.74) is 0. The number of carbonyl (C=O) groups is 2. The quantitative estimate of drug-likeness (QED) is 0.647. The number of aliphatic carboxylic acids is 1. The lowest BCUT2D eigenvalue weighted by Gasteiger charge is -2.34. The lowest BCUT2D eigenvalue weighted by atomic mass is 10.1. The van der Waals surface area contributed by atoms with Crippen LogP contribution in [0.5, 0.6) is 0 Å². The normalized spacial score (nSPS) is 20.1.